The molecule has 0 radical (unpaired) electrons. The number of hydrogen-bond acceptors (Lipinski definition) is 3. The maximum Gasteiger partial charge on any atom is 0.255 e. The zero-order valence-electron chi connectivity index (χ0n) is 12.8. The Morgan fingerprint density at radius 2 is 1.70 bits per heavy atom. The fourth-order valence-corrected chi connectivity index (χ4v) is 2.23. The Kier molecular flexibility index (Phi) is 4.28. The van der Waals surface area contributed by atoms with E-state index in [0.29, 0.717) is 22.7 Å². The molecule has 2 aromatic rings. The van der Waals surface area contributed by atoms with Crippen LogP contribution >= 0.6 is 0 Å². The molecule has 0 aliphatic heterocycles. The predicted octanol–water partition coefficient (Wildman–Crippen LogP) is 3.30. The van der Waals surface area contributed by atoms with Gasteiger partial charge >= 0.3 is 0 Å². The monoisotopic (exact) mass is 310 g/mol. The molecule has 2 amide bonds. The minimum atomic E-state index is -0.235. The molecule has 23 heavy (non-hydrogen) atoms. The van der Waals surface area contributed by atoms with Crippen molar-refractivity contribution in [2.75, 3.05) is 17.7 Å². The minimum Gasteiger partial charge on any atom is -0.497 e. The molecular weight excluding hydrogens is 292 g/mol. The number of anilines is 2. The van der Waals surface area contributed by atoms with E-state index in [9.17, 15) is 9.59 Å². The van der Waals surface area contributed by atoms with Crippen LogP contribution in [0, 0.1) is 5.92 Å². The molecule has 2 N–H and O–H groups in total. The summed E-state index contributed by atoms with van der Waals surface area (Å²) >= 11 is 0. The van der Waals surface area contributed by atoms with E-state index in [4.69, 9.17) is 4.74 Å². The van der Waals surface area contributed by atoms with Gasteiger partial charge in [-0.05, 0) is 43.2 Å². The summed E-state index contributed by atoms with van der Waals surface area (Å²) in [5.74, 6) is 0.591. The number of carbonyl (C=O) groups excluding carboxylic acids is 2. The fourth-order valence-electron chi connectivity index (χ4n) is 2.23. The summed E-state index contributed by atoms with van der Waals surface area (Å²) in [6.07, 6.45) is 1.89. The molecule has 1 fully saturated rings. The van der Waals surface area contributed by atoms with E-state index in [-0.39, 0.29) is 17.7 Å². The maximum atomic E-state index is 12.3. The molecule has 2 aromatic carbocycles. The SMILES string of the molecule is COc1cccc(NC(=O)c2cccc(NC(=O)C3CC3)c2)c1. The first-order valence-electron chi connectivity index (χ1n) is 7.52. The van der Waals surface area contributed by atoms with Crippen LogP contribution in [-0.4, -0.2) is 18.9 Å². The second-order valence-electron chi connectivity index (χ2n) is 5.53. The number of nitrogens with one attached hydrogen (secondary N) is 2. The zero-order valence-corrected chi connectivity index (χ0v) is 12.8. The van der Waals surface area contributed by atoms with Crippen LogP contribution in [0.4, 0.5) is 11.4 Å². The first-order chi connectivity index (χ1) is 11.2. The molecule has 5 heteroatoms. The molecule has 1 aliphatic rings. The van der Waals surface area contributed by atoms with Crippen LogP contribution in [0.5, 0.6) is 5.75 Å². The first-order valence-corrected chi connectivity index (χ1v) is 7.52. The third-order valence-corrected chi connectivity index (χ3v) is 3.67. The molecule has 118 valence electrons. The number of ether oxygens (including phenoxy) is 1. The number of carbonyl (C=O) groups is 2. The van der Waals surface area contributed by atoms with Gasteiger partial charge in [0.2, 0.25) is 5.91 Å². The van der Waals surface area contributed by atoms with Crippen molar-refractivity contribution in [3.05, 3.63) is 54.1 Å². The smallest absolute Gasteiger partial charge is 0.255 e. The van der Waals surface area contributed by atoms with Crippen LogP contribution in [0.25, 0.3) is 0 Å². The van der Waals surface area contributed by atoms with Crippen LogP contribution in [0.3, 0.4) is 0 Å². The average Bonchev–Trinajstić information content (AvgIpc) is 3.40. The van der Waals surface area contributed by atoms with Crippen molar-refractivity contribution < 1.29 is 14.3 Å². The van der Waals surface area contributed by atoms with Crippen molar-refractivity contribution >= 4 is 23.2 Å². The van der Waals surface area contributed by atoms with Crippen molar-refractivity contribution in [2.24, 2.45) is 5.92 Å². The molecule has 5 nitrogen and oxygen atoms in total. The Morgan fingerprint density at radius 3 is 2.39 bits per heavy atom. The van der Waals surface area contributed by atoms with Crippen molar-refractivity contribution in [1.82, 2.24) is 0 Å². The summed E-state index contributed by atoms with van der Waals surface area (Å²) in [6, 6.07) is 14.1. The van der Waals surface area contributed by atoms with Crippen LogP contribution in [0.1, 0.15) is 23.2 Å². The van der Waals surface area contributed by atoms with E-state index in [1.54, 1.807) is 49.6 Å². The summed E-state index contributed by atoms with van der Waals surface area (Å²) in [7, 11) is 1.58. The lowest BCUT2D eigenvalue weighted by atomic mass is 10.1. The third-order valence-electron chi connectivity index (χ3n) is 3.67. The molecule has 0 bridgehead atoms. The number of benzene rings is 2. The largest absolute Gasteiger partial charge is 0.497 e. The highest BCUT2D eigenvalue weighted by molar-refractivity contribution is 6.05. The lowest BCUT2D eigenvalue weighted by molar-refractivity contribution is -0.117. The van der Waals surface area contributed by atoms with Crippen LogP contribution in [-0.2, 0) is 4.79 Å². The van der Waals surface area contributed by atoms with Gasteiger partial charge in [-0.15, -0.1) is 0 Å². The van der Waals surface area contributed by atoms with Gasteiger partial charge in [-0.1, -0.05) is 12.1 Å². The normalized spacial score (nSPS) is 13.3. The van der Waals surface area contributed by atoms with Crippen LogP contribution in [0.2, 0.25) is 0 Å². The highest BCUT2D eigenvalue weighted by Crippen LogP contribution is 2.30. The molecule has 1 aliphatic carbocycles. The van der Waals surface area contributed by atoms with Gasteiger partial charge in [-0.3, -0.25) is 9.59 Å². The molecule has 0 saturated heterocycles. The molecule has 3 rings (SSSR count). The van der Waals surface area contributed by atoms with E-state index in [1.165, 1.54) is 0 Å². The second-order valence-corrected chi connectivity index (χ2v) is 5.53. The van der Waals surface area contributed by atoms with Gasteiger partial charge in [-0.25, -0.2) is 0 Å². The van der Waals surface area contributed by atoms with E-state index in [1.807, 2.05) is 6.07 Å². The van der Waals surface area contributed by atoms with E-state index in [0.717, 1.165) is 12.8 Å². The lowest BCUT2D eigenvalue weighted by Crippen LogP contribution is -2.15. The zero-order chi connectivity index (χ0) is 16.2. The van der Waals surface area contributed by atoms with Crippen LogP contribution < -0.4 is 15.4 Å². The van der Waals surface area contributed by atoms with Crippen LogP contribution in [0.15, 0.2) is 48.5 Å². The third kappa shape index (κ3) is 3.88. The standard InChI is InChI=1S/C18H18N2O3/c1-23-16-7-3-6-15(11-16)20-18(22)13-4-2-5-14(10-13)19-17(21)12-8-9-12/h2-7,10-12H,8-9H2,1H3,(H,19,21)(H,20,22). The maximum absolute atomic E-state index is 12.3. The summed E-state index contributed by atoms with van der Waals surface area (Å²) in [5.41, 5.74) is 1.78. The van der Waals surface area contributed by atoms with E-state index >= 15 is 0 Å². The Morgan fingerprint density at radius 1 is 1.00 bits per heavy atom. The Labute approximate surface area is 134 Å². The predicted molar refractivity (Wildman–Crippen MR) is 88.7 cm³/mol. The van der Waals surface area contributed by atoms with Crippen molar-refractivity contribution in [2.45, 2.75) is 12.8 Å². The number of amides is 2. The Bertz CT molecular complexity index is 739. The molecule has 0 atom stereocenters. The summed E-state index contributed by atoms with van der Waals surface area (Å²) < 4.78 is 5.13. The summed E-state index contributed by atoms with van der Waals surface area (Å²) in [5, 5.41) is 5.66. The lowest BCUT2D eigenvalue weighted by Gasteiger charge is -2.09. The quantitative estimate of drug-likeness (QED) is 0.890. The van der Waals surface area contributed by atoms with Gasteiger partial charge in [-0.2, -0.15) is 0 Å². The highest BCUT2D eigenvalue weighted by Gasteiger charge is 2.29. The second kappa shape index (κ2) is 6.52. The summed E-state index contributed by atoms with van der Waals surface area (Å²) in [4.78, 5) is 24.1. The fraction of sp³-hybridized carbons (Fsp3) is 0.222. The topological polar surface area (TPSA) is 67.4 Å². The molecular formula is C18H18N2O3. The first kappa shape index (κ1) is 15.1. The molecule has 0 spiro atoms. The number of methoxy groups -OCH3 is 1. The van der Waals surface area contributed by atoms with E-state index < -0.39 is 0 Å². The Balaban J connectivity index is 1.70. The molecule has 0 heterocycles. The van der Waals surface area contributed by atoms with Crippen molar-refractivity contribution in [1.29, 1.82) is 0 Å². The van der Waals surface area contributed by atoms with Gasteiger partial charge in [0.1, 0.15) is 5.75 Å². The van der Waals surface area contributed by atoms with Gasteiger partial charge in [0.05, 0.1) is 7.11 Å². The van der Waals surface area contributed by atoms with Crippen molar-refractivity contribution in [3.63, 3.8) is 0 Å². The number of rotatable bonds is 5. The molecule has 0 aromatic heterocycles. The van der Waals surface area contributed by atoms with Gasteiger partial charge < -0.3 is 15.4 Å². The minimum absolute atomic E-state index is 0.0235. The van der Waals surface area contributed by atoms with Gasteiger partial charge in [0.25, 0.3) is 5.91 Å². The average molecular weight is 310 g/mol. The Hall–Kier alpha value is -2.82. The van der Waals surface area contributed by atoms with Crippen molar-refractivity contribution in [3.8, 4) is 5.75 Å². The van der Waals surface area contributed by atoms with Gasteiger partial charge in [0.15, 0.2) is 0 Å². The highest BCUT2D eigenvalue weighted by atomic mass is 16.5. The summed E-state index contributed by atoms with van der Waals surface area (Å²) in [6.45, 7) is 0. The van der Waals surface area contributed by atoms with E-state index in [2.05, 4.69) is 10.6 Å². The van der Waals surface area contributed by atoms with Gasteiger partial charge in [0, 0.05) is 28.9 Å². The number of hydrogen-bond donors (Lipinski definition) is 2. The molecule has 1 saturated carbocycles. The molecule has 0 unspecified atom stereocenters.